The molecule has 1 aliphatic carbocycles. The lowest BCUT2D eigenvalue weighted by Crippen LogP contribution is -2.17. The number of hydrogen-bond acceptors (Lipinski definition) is 7. The van der Waals surface area contributed by atoms with E-state index in [1.807, 2.05) is 0 Å². The zero-order valence-electron chi connectivity index (χ0n) is 15.7. The Hall–Kier alpha value is -3.03. The van der Waals surface area contributed by atoms with Gasteiger partial charge >= 0.3 is 0 Å². The van der Waals surface area contributed by atoms with Gasteiger partial charge in [-0.15, -0.1) is 0 Å². The molecule has 1 amide bonds. The molecule has 1 saturated carbocycles. The molecule has 1 aromatic carbocycles. The van der Waals surface area contributed by atoms with Gasteiger partial charge in [0, 0.05) is 23.9 Å². The van der Waals surface area contributed by atoms with E-state index in [1.165, 1.54) is 40.4 Å². The first-order chi connectivity index (χ1) is 13.1. The van der Waals surface area contributed by atoms with Crippen LogP contribution < -0.4 is 24.8 Å². The molecule has 0 bridgehead atoms. The third-order valence-electron chi connectivity index (χ3n) is 4.51. The number of amides is 1. The van der Waals surface area contributed by atoms with Gasteiger partial charge in [0.05, 0.1) is 33.7 Å². The summed E-state index contributed by atoms with van der Waals surface area (Å²) in [6.45, 7) is 0. The molecule has 0 unspecified atom stereocenters. The molecular weight excluding hydrogens is 348 g/mol. The van der Waals surface area contributed by atoms with Crippen LogP contribution in [0.2, 0.25) is 0 Å². The van der Waals surface area contributed by atoms with Gasteiger partial charge < -0.3 is 24.8 Å². The van der Waals surface area contributed by atoms with Gasteiger partial charge in [0.1, 0.15) is 11.5 Å². The summed E-state index contributed by atoms with van der Waals surface area (Å²) in [5.41, 5.74) is 0.727. The molecule has 1 aliphatic rings. The molecule has 0 radical (unpaired) electrons. The number of benzene rings is 1. The van der Waals surface area contributed by atoms with Crippen molar-refractivity contribution in [2.24, 2.45) is 0 Å². The Labute approximate surface area is 158 Å². The van der Waals surface area contributed by atoms with Crippen molar-refractivity contribution in [2.45, 2.75) is 31.7 Å². The Bertz CT molecular complexity index is 764. The van der Waals surface area contributed by atoms with Gasteiger partial charge in [0.2, 0.25) is 5.75 Å². The molecule has 0 aliphatic heterocycles. The van der Waals surface area contributed by atoms with Crippen LogP contribution in [0.1, 0.15) is 36.2 Å². The van der Waals surface area contributed by atoms with Crippen LogP contribution in [0.5, 0.6) is 17.2 Å². The molecule has 0 spiro atoms. The average molecular weight is 372 g/mol. The van der Waals surface area contributed by atoms with E-state index >= 15 is 0 Å². The third-order valence-corrected chi connectivity index (χ3v) is 4.51. The number of rotatable bonds is 7. The van der Waals surface area contributed by atoms with Crippen molar-refractivity contribution in [3.8, 4) is 17.2 Å². The zero-order valence-corrected chi connectivity index (χ0v) is 15.7. The third kappa shape index (κ3) is 4.39. The monoisotopic (exact) mass is 372 g/mol. The summed E-state index contributed by atoms with van der Waals surface area (Å²) in [7, 11) is 4.56. The number of anilines is 2. The Morgan fingerprint density at radius 1 is 1.00 bits per heavy atom. The summed E-state index contributed by atoms with van der Waals surface area (Å²) in [4.78, 5) is 21.0. The number of nitrogens with zero attached hydrogens (tertiary/aromatic N) is 2. The first-order valence-electron chi connectivity index (χ1n) is 8.84. The quantitative estimate of drug-likeness (QED) is 0.771. The fourth-order valence-electron chi connectivity index (χ4n) is 3.15. The SMILES string of the molecule is COc1cc(NC(=O)c2cnc(NC3CCCC3)cn2)cc(OC)c1OC. The lowest BCUT2D eigenvalue weighted by Gasteiger charge is -2.14. The topological polar surface area (TPSA) is 94.6 Å². The molecule has 8 nitrogen and oxygen atoms in total. The maximum atomic E-state index is 12.5. The molecule has 1 fully saturated rings. The largest absolute Gasteiger partial charge is 0.493 e. The van der Waals surface area contributed by atoms with Gasteiger partial charge in [0.25, 0.3) is 5.91 Å². The standard InChI is InChI=1S/C19H24N4O4/c1-25-15-8-13(9-16(26-2)18(15)27-3)23-19(24)14-10-21-17(11-20-14)22-12-6-4-5-7-12/h8-12H,4-7H2,1-3H3,(H,21,22)(H,23,24). The summed E-state index contributed by atoms with van der Waals surface area (Å²) >= 11 is 0. The minimum absolute atomic E-state index is 0.223. The van der Waals surface area contributed by atoms with E-state index in [0.717, 1.165) is 12.8 Å². The number of methoxy groups -OCH3 is 3. The summed E-state index contributed by atoms with van der Waals surface area (Å²) < 4.78 is 15.9. The summed E-state index contributed by atoms with van der Waals surface area (Å²) in [6, 6.07) is 3.75. The lowest BCUT2D eigenvalue weighted by molar-refractivity contribution is 0.102. The van der Waals surface area contributed by atoms with Crippen molar-refractivity contribution in [1.82, 2.24) is 9.97 Å². The van der Waals surface area contributed by atoms with Gasteiger partial charge in [-0.3, -0.25) is 4.79 Å². The summed E-state index contributed by atoms with van der Waals surface area (Å²) in [5.74, 6) is 1.68. The Balaban J connectivity index is 1.71. The maximum Gasteiger partial charge on any atom is 0.275 e. The molecule has 3 rings (SSSR count). The fourth-order valence-corrected chi connectivity index (χ4v) is 3.15. The van der Waals surface area contributed by atoms with E-state index in [4.69, 9.17) is 14.2 Å². The van der Waals surface area contributed by atoms with Crippen molar-refractivity contribution in [2.75, 3.05) is 32.0 Å². The maximum absolute atomic E-state index is 12.5. The predicted octanol–water partition coefficient (Wildman–Crippen LogP) is 3.11. The number of nitrogens with one attached hydrogen (secondary N) is 2. The number of carbonyl (C=O) groups is 1. The average Bonchev–Trinajstić information content (AvgIpc) is 3.20. The smallest absolute Gasteiger partial charge is 0.275 e. The van der Waals surface area contributed by atoms with Gasteiger partial charge in [0.15, 0.2) is 11.5 Å². The van der Waals surface area contributed by atoms with Crippen molar-refractivity contribution >= 4 is 17.4 Å². The van der Waals surface area contributed by atoms with Crippen LogP contribution in [-0.2, 0) is 0 Å². The Kier molecular flexibility index (Phi) is 5.95. The van der Waals surface area contributed by atoms with Crippen LogP contribution in [0.25, 0.3) is 0 Å². The number of hydrogen-bond donors (Lipinski definition) is 2. The summed E-state index contributed by atoms with van der Waals surface area (Å²) in [5, 5.41) is 6.12. The van der Waals surface area contributed by atoms with Gasteiger partial charge in [-0.2, -0.15) is 0 Å². The molecule has 0 saturated heterocycles. The van der Waals surface area contributed by atoms with Crippen LogP contribution >= 0.6 is 0 Å². The highest BCUT2D eigenvalue weighted by atomic mass is 16.5. The van der Waals surface area contributed by atoms with Crippen molar-refractivity contribution in [3.63, 3.8) is 0 Å². The lowest BCUT2D eigenvalue weighted by atomic mass is 10.2. The molecule has 27 heavy (non-hydrogen) atoms. The molecule has 2 aromatic rings. The first-order valence-corrected chi connectivity index (χ1v) is 8.84. The van der Waals surface area contributed by atoms with E-state index in [1.54, 1.807) is 18.3 Å². The molecule has 144 valence electrons. The highest BCUT2D eigenvalue weighted by molar-refractivity contribution is 6.03. The van der Waals surface area contributed by atoms with Gasteiger partial charge in [-0.25, -0.2) is 9.97 Å². The van der Waals surface area contributed by atoms with E-state index in [9.17, 15) is 4.79 Å². The zero-order chi connectivity index (χ0) is 19.2. The molecule has 1 heterocycles. The Morgan fingerprint density at radius 2 is 1.67 bits per heavy atom. The second-order valence-corrected chi connectivity index (χ2v) is 6.28. The highest BCUT2D eigenvalue weighted by Crippen LogP contribution is 2.40. The first kappa shape index (κ1) is 18.8. The molecule has 1 aromatic heterocycles. The predicted molar refractivity (Wildman–Crippen MR) is 102 cm³/mol. The van der Waals surface area contributed by atoms with Crippen LogP contribution in [0, 0.1) is 0 Å². The summed E-state index contributed by atoms with van der Waals surface area (Å²) in [6.07, 6.45) is 7.81. The van der Waals surface area contributed by atoms with Crippen LogP contribution in [0.15, 0.2) is 24.5 Å². The normalized spacial score (nSPS) is 13.9. The van der Waals surface area contributed by atoms with E-state index in [-0.39, 0.29) is 11.6 Å². The Morgan fingerprint density at radius 3 is 2.19 bits per heavy atom. The van der Waals surface area contributed by atoms with Gasteiger partial charge in [-0.05, 0) is 12.8 Å². The second kappa shape index (κ2) is 8.57. The second-order valence-electron chi connectivity index (χ2n) is 6.28. The van der Waals surface area contributed by atoms with E-state index in [0.29, 0.717) is 34.8 Å². The van der Waals surface area contributed by atoms with E-state index in [2.05, 4.69) is 20.6 Å². The minimum Gasteiger partial charge on any atom is -0.493 e. The highest BCUT2D eigenvalue weighted by Gasteiger charge is 2.17. The van der Waals surface area contributed by atoms with Crippen LogP contribution in [-0.4, -0.2) is 43.2 Å². The fraction of sp³-hybridized carbons (Fsp3) is 0.421. The molecule has 8 heteroatoms. The molecule has 2 N–H and O–H groups in total. The van der Waals surface area contributed by atoms with Gasteiger partial charge in [-0.1, -0.05) is 12.8 Å². The van der Waals surface area contributed by atoms with Crippen molar-refractivity contribution < 1.29 is 19.0 Å². The van der Waals surface area contributed by atoms with Crippen LogP contribution in [0.3, 0.4) is 0 Å². The molecule has 0 atom stereocenters. The van der Waals surface area contributed by atoms with Crippen LogP contribution in [0.4, 0.5) is 11.5 Å². The number of aromatic nitrogens is 2. The number of ether oxygens (including phenoxy) is 3. The molecular formula is C19H24N4O4. The van der Waals surface area contributed by atoms with E-state index < -0.39 is 0 Å². The minimum atomic E-state index is -0.371. The van der Waals surface area contributed by atoms with Crippen molar-refractivity contribution in [1.29, 1.82) is 0 Å². The van der Waals surface area contributed by atoms with Crippen molar-refractivity contribution in [3.05, 3.63) is 30.2 Å². The number of carbonyl (C=O) groups excluding carboxylic acids is 1.